The van der Waals surface area contributed by atoms with Crippen LogP contribution < -0.4 is 4.74 Å². The maximum atomic E-state index is 10.7. The molecule has 1 aromatic carbocycles. The van der Waals surface area contributed by atoms with Gasteiger partial charge in [-0.3, -0.25) is 0 Å². The van der Waals surface area contributed by atoms with Gasteiger partial charge in [0.2, 0.25) is 0 Å². The second-order valence-corrected chi connectivity index (χ2v) is 8.44. The lowest BCUT2D eigenvalue weighted by Gasteiger charge is -2.20. The summed E-state index contributed by atoms with van der Waals surface area (Å²) in [6, 6.07) is 7.44. The average molecular weight is 408 g/mol. The number of allylic oxidation sites excluding steroid dienone is 2. The van der Waals surface area contributed by atoms with Gasteiger partial charge in [0, 0.05) is 11.1 Å². The van der Waals surface area contributed by atoms with Gasteiger partial charge in [-0.15, -0.1) is 0 Å². The number of rotatable bonds is 5. The Kier molecular flexibility index (Phi) is 6.14. The first-order chi connectivity index (χ1) is 14.2. The number of aromatic nitrogens is 2. The third-order valence-electron chi connectivity index (χ3n) is 5.33. The van der Waals surface area contributed by atoms with E-state index >= 15 is 0 Å². The molecule has 1 atom stereocenters. The predicted octanol–water partition coefficient (Wildman–Crippen LogP) is 5.30. The van der Waals surface area contributed by atoms with E-state index in [0.717, 1.165) is 23.1 Å². The molecule has 158 valence electrons. The summed E-state index contributed by atoms with van der Waals surface area (Å²) in [7, 11) is 0. The van der Waals surface area contributed by atoms with Crippen LogP contribution in [0, 0.1) is 17.2 Å². The van der Waals surface area contributed by atoms with Gasteiger partial charge in [-0.25, -0.2) is 0 Å². The molecule has 1 aliphatic rings. The van der Waals surface area contributed by atoms with Crippen molar-refractivity contribution >= 4 is 5.57 Å². The van der Waals surface area contributed by atoms with Crippen molar-refractivity contribution in [3.8, 4) is 23.3 Å². The summed E-state index contributed by atoms with van der Waals surface area (Å²) >= 11 is 0. The summed E-state index contributed by atoms with van der Waals surface area (Å²) in [6.07, 6.45) is 3.39. The molecule has 30 heavy (non-hydrogen) atoms. The summed E-state index contributed by atoms with van der Waals surface area (Å²) in [6.45, 7) is 11.8. The normalized spacial score (nSPS) is 22.1. The molecule has 1 heterocycles. The van der Waals surface area contributed by atoms with E-state index in [9.17, 15) is 10.4 Å². The molecule has 0 radical (unpaired) electrons. The van der Waals surface area contributed by atoms with Crippen LogP contribution in [0.1, 0.15) is 65.8 Å². The largest absolute Gasteiger partial charge is 0.490 e. The second kappa shape index (κ2) is 8.45. The van der Waals surface area contributed by atoms with Gasteiger partial charge in [0.1, 0.15) is 11.8 Å². The number of aliphatic hydroxyl groups is 1. The van der Waals surface area contributed by atoms with Crippen LogP contribution in [-0.2, 0) is 0 Å². The van der Waals surface area contributed by atoms with E-state index in [1.54, 1.807) is 12.1 Å². The Labute approximate surface area is 177 Å². The van der Waals surface area contributed by atoms with Crippen molar-refractivity contribution in [2.75, 3.05) is 0 Å². The number of nitrogens with zero attached hydrogens (tertiary/aromatic N) is 3. The molecular formula is C24H29N3O3. The van der Waals surface area contributed by atoms with Gasteiger partial charge in [-0.2, -0.15) is 10.2 Å². The van der Waals surface area contributed by atoms with Crippen LogP contribution in [0.4, 0.5) is 0 Å². The lowest BCUT2D eigenvalue weighted by molar-refractivity contribution is 0.106. The van der Waals surface area contributed by atoms with Gasteiger partial charge in [0.05, 0.1) is 17.3 Å². The van der Waals surface area contributed by atoms with Crippen LogP contribution in [-0.4, -0.2) is 27.0 Å². The summed E-state index contributed by atoms with van der Waals surface area (Å²) in [5.74, 6) is 1.56. The van der Waals surface area contributed by atoms with Gasteiger partial charge >= 0.3 is 0 Å². The first kappa shape index (κ1) is 21.8. The molecule has 6 heteroatoms. The van der Waals surface area contributed by atoms with Crippen molar-refractivity contribution in [1.29, 1.82) is 5.26 Å². The number of benzene rings is 1. The second-order valence-electron chi connectivity index (χ2n) is 8.44. The maximum absolute atomic E-state index is 10.7. The molecule has 0 saturated heterocycles. The van der Waals surface area contributed by atoms with E-state index in [2.05, 4.69) is 30.1 Å². The minimum Gasteiger partial charge on any atom is -0.490 e. The van der Waals surface area contributed by atoms with Crippen molar-refractivity contribution in [3.63, 3.8) is 0 Å². The first-order valence-electron chi connectivity index (χ1n) is 10.4. The molecule has 0 bridgehead atoms. The molecule has 0 spiro atoms. The van der Waals surface area contributed by atoms with Crippen LogP contribution in [0.15, 0.2) is 39.9 Å². The average Bonchev–Trinajstić information content (AvgIpc) is 3.26. The monoisotopic (exact) mass is 407 g/mol. The highest BCUT2D eigenvalue weighted by Gasteiger charge is 2.37. The van der Waals surface area contributed by atoms with Crippen molar-refractivity contribution in [2.24, 2.45) is 5.92 Å². The number of hydrogen-bond donors (Lipinski definition) is 1. The Bertz CT molecular complexity index is 1040. The highest BCUT2D eigenvalue weighted by Crippen LogP contribution is 2.44. The zero-order valence-electron chi connectivity index (χ0n) is 18.5. The fourth-order valence-corrected chi connectivity index (χ4v) is 4.03. The van der Waals surface area contributed by atoms with Gasteiger partial charge in [0.25, 0.3) is 5.89 Å². The fourth-order valence-electron chi connectivity index (χ4n) is 4.03. The topological polar surface area (TPSA) is 92.2 Å². The van der Waals surface area contributed by atoms with E-state index in [1.165, 1.54) is 0 Å². The molecular weight excluding hydrogens is 378 g/mol. The molecule has 1 unspecified atom stereocenters. The molecule has 6 nitrogen and oxygen atoms in total. The SMILES string of the molecule is C/C=C1\C(=C(\c2noc(-c3ccc(OC(C)C)c(C#N)c3)n2)C(C)C)CCC1(C)O. The molecule has 0 amide bonds. The predicted molar refractivity (Wildman–Crippen MR) is 116 cm³/mol. The van der Waals surface area contributed by atoms with E-state index in [4.69, 9.17) is 9.26 Å². The minimum atomic E-state index is -0.843. The van der Waals surface area contributed by atoms with Crippen molar-refractivity contribution < 1.29 is 14.4 Å². The van der Waals surface area contributed by atoms with Gasteiger partial charge in [0.15, 0.2) is 5.82 Å². The number of nitriles is 1. The van der Waals surface area contributed by atoms with Crippen LogP contribution in [0.25, 0.3) is 17.0 Å². The molecule has 1 N–H and O–H groups in total. The number of ether oxygens (including phenoxy) is 1. The first-order valence-corrected chi connectivity index (χ1v) is 10.4. The van der Waals surface area contributed by atoms with Crippen molar-refractivity contribution in [1.82, 2.24) is 10.1 Å². The van der Waals surface area contributed by atoms with Crippen molar-refractivity contribution in [3.05, 3.63) is 46.8 Å². The Hall–Kier alpha value is -2.91. The van der Waals surface area contributed by atoms with Gasteiger partial charge in [-0.1, -0.05) is 25.1 Å². The van der Waals surface area contributed by atoms with Crippen LogP contribution in [0.3, 0.4) is 0 Å². The Balaban J connectivity index is 2.03. The van der Waals surface area contributed by atoms with Crippen LogP contribution in [0.2, 0.25) is 0 Å². The smallest absolute Gasteiger partial charge is 0.258 e. The van der Waals surface area contributed by atoms with Crippen LogP contribution in [0.5, 0.6) is 5.75 Å². The summed E-state index contributed by atoms with van der Waals surface area (Å²) < 4.78 is 11.2. The summed E-state index contributed by atoms with van der Waals surface area (Å²) in [5.41, 5.74) is 3.24. The standard InChI is InChI=1S/C24H29N3O3/c1-7-19-18(10-11-24(19,6)28)21(14(2)3)22-26-23(30-27-22)16-8-9-20(29-15(4)5)17(12-16)13-25/h7-9,12,14-15,28H,10-11H2,1-6H3/b19-7+,21-18+. The summed E-state index contributed by atoms with van der Waals surface area (Å²) in [4.78, 5) is 4.63. The fraction of sp³-hybridized carbons (Fsp3) is 0.458. The lowest BCUT2D eigenvalue weighted by Crippen LogP contribution is -2.21. The molecule has 3 rings (SSSR count). The molecule has 1 fully saturated rings. The van der Waals surface area contributed by atoms with Gasteiger partial charge < -0.3 is 14.4 Å². The van der Waals surface area contributed by atoms with E-state index in [1.807, 2.05) is 39.8 Å². The Morgan fingerprint density at radius 2 is 2.07 bits per heavy atom. The van der Waals surface area contributed by atoms with E-state index < -0.39 is 5.60 Å². The Morgan fingerprint density at radius 3 is 2.67 bits per heavy atom. The van der Waals surface area contributed by atoms with E-state index in [0.29, 0.717) is 35.0 Å². The lowest BCUT2D eigenvalue weighted by atomic mass is 9.90. The highest BCUT2D eigenvalue weighted by molar-refractivity contribution is 5.73. The minimum absolute atomic E-state index is 0.0254. The Morgan fingerprint density at radius 1 is 1.33 bits per heavy atom. The zero-order valence-corrected chi connectivity index (χ0v) is 18.5. The molecule has 2 aromatic rings. The zero-order chi connectivity index (χ0) is 22.1. The summed E-state index contributed by atoms with van der Waals surface area (Å²) in [5, 5.41) is 24.4. The van der Waals surface area contributed by atoms with Gasteiger partial charge in [-0.05, 0) is 75.8 Å². The third kappa shape index (κ3) is 4.17. The molecule has 1 aromatic heterocycles. The third-order valence-corrected chi connectivity index (χ3v) is 5.33. The van der Waals surface area contributed by atoms with E-state index in [-0.39, 0.29) is 12.0 Å². The van der Waals surface area contributed by atoms with Crippen molar-refractivity contribution in [2.45, 2.75) is 66.1 Å². The molecule has 0 aliphatic heterocycles. The maximum Gasteiger partial charge on any atom is 0.258 e. The van der Waals surface area contributed by atoms with Crippen LogP contribution >= 0.6 is 0 Å². The molecule has 1 saturated carbocycles. The quantitative estimate of drug-likeness (QED) is 0.723. The molecule has 1 aliphatic carbocycles. The number of hydrogen-bond acceptors (Lipinski definition) is 6. The highest BCUT2D eigenvalue weighted by atomic mass is 16.5.